The van der Waals surface area contributed by atoms with Crippen molar-refractivity contribution < 1.29 is 4.79 Å². The monoisotopic (exact) mass is 398 g/mol. The molecule has 150 valence electrons. The highest BCUT2D eigenvalue weighted by Gasteiger charge is 2.13. The molecule has 2 aromatic carbocycles. The van der Waals surface area contributed by atoms with Crippen LogP contribution in [-0.2, 0) is 13.1 Å². The third-order valence-electron chi connectivity index (χ3n) is 5.14. The standard InChI is InChI=1S/C24H22N4O2/c1-3-28-22-20(9-6-14-25-22)27-21(24(28)30)17-10-12-18(13-11-17)23(29)26-15-19-8-5-4-7-16(19)2/h4-14H,3,15H2,1-2H3,(H,26,29). The molecule has 4 rings (SSSR count). The molecule has 0 aliphatic rings. The summed E-state index contributed by atoms with van der Waals surface area (Å²) < 4.78 is 1.61. The Hall–Kier alpha value is -3.80. The minimum atomic E-state index is -0.194. The molecule has 30 heavy (non-hydrogen) atoms. The molecule has 0 fully saturated rings. The van der Waals surface area contributed by atoms with Gasteiger partial charge in [0, 0.05) is 30.4 Å². The van der Waals surface area contributed by atoms with Crippen LogP contribution >= 0.6 is 0 Å². The number of amides is 1. The predicted octanol–water partition coefficient (Wildman–Crippen LogP) is 3.72. The molecule has 0 aliphatic heterocycles. The molecular formula is C24H22N4O2. The Morgan fingerprint density at radius 3 is 2.53 bits per heavy atom. The summed E-state index contributed by atoms with van der Waals surface area (Å²) in [4.78, 5) is 34.2. The Kier molecular flexibility index (Phi) is 5.39. The third-order valence-corrected chi connectivity index (χ3v) is 5.14. The molecule has 0 saturated carbocycles. The van der Waals surface area contributed by atoms with Crippen molar-refractivity contribution in [3.8, 4) is 11.3 Å². The molecule has 0 radical (unpaired) electrons. The van der Waals surface area contributed by atoms with E-state index in [-0.39, 0.29) is 11.5 Å². The predicted molar refractivity (Wildman–Crippen MR) is 117 cm³/mol. The number of nitrogens with one attached hydrogen (secondary N) is 1. The Morgan fingerprint density at radius 1 is 1.03 bits per heavy atom. The second kappa shape index (κ2) is 8.29. The first kappa shape index (κ1) is 19.5. The van der Waals surface area contributed by atoms with Gasteiger partial charge in [-0.1, -0.05) is 36.4 Å². The van der Waals surface area contributed by atoms with Crippen molar-refractivity contribution in [1.29, 1.82) is 0 Å². The number of hydrogen-bond acceptors (Lipinski definition) is 4. The first-order valence-electron chi connectivity index (χ1n) is 9.87. The van der Waals surface area contributed by atoms with E-state index in [0.29, 0.717) is 41.1 Å². The first-order valence-corrected chi connectivity index (χ1v) is 9.87. The normalized spacial score (nSPS) is 10.9. The number of fused-ring (bicyclic) bond motifs is 1. The summed E-state index contributed by atoms with van der Waals surface area (Å²) in [5, 5.41) is 2.94. The SMILES string of the molecule is CCn1c(=O)c(-c2ccc(C(=O)NCc3ccccc3C)cc2)nc2cccnc21. The van der Waals surface area contributed by atoms with E-state index in [1.165, 1.54) is 0 Å². The minimum absolute atomic E-state index is 0.161. The largest absolute Gasteiger partial charge is 0.348 e. The summed E-state index contributed by atoms with van der Waals surface area (Å²) in [7, 11) is 0. The maximum absolute atomic E-state index is 12.9. The van der Waals surface area contributed by atoms with Gasteiger partial charge in [-0.2, -0.15) is 0 Å². The van der Waals surface area contributed by atoms with Gasteiger partial charge in [0.25, 0.3) is 11.5 Å². The zero-order valence-corrected chi connectivity index (χ0v) is 16.9. The van der Waals surface area contributed by atoms with Crippen LogP contribution in [0, 0.1) is 6.92 Å². The van der Waals surface area contributed by atoms with Crippen molar-refractivity contribution in [2.45, 2.75) is 26.9 Å². The Morgan fingerprint density at radius 2 is 1.80 bits per heavy atom. The molecule has 1 N–H and O–H groups in total. The van der Waals surface area contributed by atoms with Gasteiger partial charge in [-0.3, -0.25) is 14.2 Å². The molecule has 0 unspecified atom stereocenters. The summed E-state index contributed by atoms with van der Waals surface area (Å²) in [6.07, 6.45) is 1.65. The molecule has 0 spiro atoms. The highest BCUT2D eigenvalue weighted by Crippen LogP contribution is 2.18. The van der Waals surface area contributed by atoms with Crippen LogP contribution in [0.4, 0.5) is 0 Å². The lowest BCUT2D eigenvalue weighted by atomic mass is 10.1. The molecule has 1 amide bonds. The summed E-state index contributed by atoms with van der Waals surface area (Å²) in [5.41, 5.74) is 4.81. The number of benzene rings is 2. The molecule has 0 saturated heterocycles. The lowest BCUT2D eigenvalue weighted by Crippen LogP contribution is -2.24. The van der Waals surface area contributed by atoms with Gasteiger partial charge in [-0.25, -0.2) is 9.97 Å². The van der Waals surface area contributed by atoms with E-state index < -0.39 is 0 Å². The number of carbonyl (C=O) groups excluding carboxylic acids is 1. The smallest absolute Gasteiger partial charge is 0.278 e. The lowest BCUT2D eigenvalue weighted by Gasteiger charge is -2.10. The number of pyridine rings is 1. The Labute approximate surface area is 174 Å². The van der Waals surface area contributed by atoms with E-state index in [0.717, 1.165) is 11.1 Å². The lowest BCUT2D eigenvalue weighted by molar-refractivity contribution is 0.0951. The van der Waals surface area contributed by atoms with Gasteiger partial charge in [-0.05, 0) is 49.2 Å². The molecule has 6 heteroatoms. The van der Waals surface area contributed by atoms with Crippen LogP contribution in [0.15, 0.2) is 71.7 Å². The second-order valence-electron chi connectivity index (χ2n) is 7.04. The van der Waals surface area contributed by atoms with Crippen molar-refractivity contribution in [2.75, 3.05) is 0 Å². The quantitative estimate of drug-likeness (QED) is 0.556. The average Bonchev–Trinajstić information content (AvgIpc) is 2.78. The molecular weight excluding hydrogens is 376 g/mol. The van der Waals surface area contributed by atoms with E-state index in [4.69, 9.17) is 0 Å². The van der Waals surface area contributed by atoms with Gasteiger partial charge in [-0.15, -0.1) is 0 Å². The number of aromatic nitrogens is 3. The van der Waals surface area contributed by atoms with E-state index in [1.54, 1.807) is 41.1 Å². The van der Waals surface area contributed by atoms with Crippen LogP contribution in [0.25, 0.3) is 22.4 Å². The van der Waals surface area contributed by atoms with Crippen LogP contribution in [-0.4, -0.2) is 20.4 Å². The summed E-state index contributed by atoms with van der Waals surface area (Å²) in [6, 6.07) is 18.5. The Bertz CT molecular complexity index is 1280. The molecule has 4 aromatic rings. The molecule has 2 aromatic heterocycles. The van der Waals surface area contributed by atoms with Crippen molar-refractivity contribution in [3.63, 3.8) is 0 Å². The average molecular weight is 398 g/mol. The van der Waals surface area contributed by atoms with Gasteiger partial charge in [0.05, 0.1) is 0 Å². The van der Waals surface area contributed by atoms with E-state index in [2.05, 4.69) is 15.3 Å². The fourth-order valence-corrected chi connectivity index (χ4v) is 3.42. The van der Waals surface area contributed by atoms with Gasteiger partial charge in [0.1, 0.15) is 11.2 Å². The second-order valence-corrected chi connectivity index (χ2v) is 7.04. The first-order chi connectivity index (χ1) is 14.6. The Balaban J connectivity index is 1.59. The number of carbonyl (C=O) groups is 1. The van der Waals surface area contributed by atoms with Gasteiger partial charge in [0.2, 0.25) is 0 Å². The van der Waals surface area contributed by atoms with Gasteiger partial charge >= 0.3 is 0 Å². The number of rotatable bonds is 5. The van der Waals surface area contributed by atoms with Crippen molar-refractivity contribution >= 4 is 17.1 Å². The van der Waals surface area contributed by atoms with Crippen LogP contribution in [0.2, 0.25) is 0 Å². The molecule has 0 aliphatic carbocycles. The van der Waals surface area contributed by atoms with E-state index in [1.807, 2.05) is 44.2 Å². The summed E-state index contributed by atoms with van der Waals surface area (Å²) in [5.74, 6) is -0.161. The van der Waals surface area contributed by atoms with Crippen LogP contribution in [0.5, 0.6) is 0 Å². The van der Waals surface area contributed by atoms with Crippen LogP contribution in [0.1, 0.15) is 28.4 Å². The van der Waals surface area contributed by atoms with Gasteiger partial charge in [0.15, 0.2) is 5.65 Å². The van der Waals surface area contributed by atoms with Crippen molar-refractivity contribution in [1.82, 2.24) is 19.9 Å². The van der Waals surface area contributed by atoms with Gasteiger partial charge < -0.3 is 5.32 Å². The zero-order valence-electron chi connectivity index (χ0n) is 16.9. The maximum Gasteiger partial charge on any atom is 0.278 e. The fourth-order valence-electron chi connectivity index (χ4n) is 3.42. The highest BCUT2D eigenvalue weighted by molar-refractivity contribution is 5.94. The van der Waals surface area contributed by atoms with Crippen LogP contribution in [0.3, 0.4) is 0 Å². The molecule has 0 bridgehead atoms. The minimum Gasteiger partial charge on any atom is -0.348 e. The van der Waals surface area contributed by atoms with E-state index in [9.17, 15) is 9.59 Å². The van der Waals surface area contributed by atoms with Crippen LogP contribution < -0.4 is 10.9 Å². The molecule has 2 heterocycles. The number of nitrogens with zero attached hydrogens (tertiary/aromatic N) is 3. The maximum atomic E-state index is 12.9. The highest BCUT2D eigenvalue weighted by atomic mass is 16.1. The third kappa shape index (κ3) is 3.72. The summed E-state index contributed by atoms with van der Waals surface area (Å²) >= 11 is 0. The molecule has 0 atom stereocenters. The summed E-state index contributed by atoms with van der Waals surface area (Å²) in [6.45, 7) is 4.89. The number of aryl methyl sites for hydroxylation is 2. The topological polar surface area (TPSA) is 76.9 Å². The van der Waals surface area contributed by atoms with E-state index >= 15 is 0 Å². The zero-order chi connectivity index (χ0) is 21.1. The number of hydrogen-bond donors (Lipinski definition) is 1. The fraction of sp³-hybridized carbons (Fsp3) is 0.167. The van der Waals surface area contributed by atoms with Crippen molar-refractivity contribution in [3.05, 3.63) is 93.9 Å². The van der Waals surface area contributed by atoms with Crippen molar-refractivity contribution in [2.24, 2.45) is 0 Å². The molecule has 6 nitrogen and oxygen atoms in total.